The van der Waals surface area contributed by atoms with Crippen LogP contribution in [0.25, 0.3) is 0 Å². The Kier molecular flexibility index (Phi) is 4.79. The second-order valence-corrected chi connectivity index (χ2v) is 6.96. The normalized spacial score (nSPS) is 16.4. The van der Waals surface area contributed by atoms with E-state index in [2.05, 4.69) is 56.7 Å². The summed E-state index contributed by atoms with van der Waals surface area (Å²) in [5.74, 6) is 0.835. The van der Waals surface area contributed by atoms with Gasteiger partial charge >= 0.3 is 0 Å². The molecule has 0 radical (unpaired) electrons. The summed E-state index contributed by atoms with van der Waals surface area (Å²) in [5, 5.41) is 20.6. The van der Waals surface area contributed by atoms with Crippen LogP contribution in [0, 0.1) is 0 Å². The molecule has 9 heteroatoms. The minimum absolute atomic E-state index is 0.255. The van der Waals surface area contributed by atoms with Crippen molar-refractivity contribution in [2.75, 3.05) is 32.6 Å². The number of rotatable bonds is 8. The average molecular weight is 333 g/mol. The van der Waals surface area contributed by atoms with Crippen molar-refractivity contribution >= 4 is 5.95 Å². The summed E-state index contributed by atoms with van der Waals surface area (Å²) in [4.78, 5) is 6.11. The smallest absolute Gasteiger partial charge is 0.245 e. The molecular formula is C15H27N9. The van der Waals surface area contributed by atoms with Gasteiger partial charge in [0, 0.05) is 32.7 Å². The van der Waals surface area contributed by atoms with E-state index in [0.29, 0.717) is 0 Å². The van der Waals surface area contributed by atoms with E-state index in [4.69, 9.17) is 0 Å². The standard InChI is InChI=1S/C15H27N9/c1-21(2)15(8-6-9-15)12-22(3)14-17-19-20-24(14)10-5-7-13-11-16-23(4)18-13/h11H,5-10,12H2,1-4H3. The molecule has 1 fully saturated rings. The van der Waals surface area contributed by atoms with Crippen LogP contribution in [0.4, 0.5) is 5.95 Å². The van der Waals surface area contributed by atoms with Crippen LogP contribution in [0.2, 0.25) is 0 Å². The molecule has 3 rings (SSSR count). The van der Waals surface area contributed by atoms with E-state index >= 15 is 0 Å². The summed E-state index contributed by atoms with van der Waals surface area (Å²) in [6.07, 6.45) is 7.39. The minimum Gasteiger partial charge on any atom is -0.341 e. The van der Waals surface area contributed by atoms with Gasteiger partial charge in [0.25, 0.3) is 0 Å². The molecule has 1 aliphatic rings. The summed E-state index contributed by atoms with van der Waals surface area (Å²) in [6, 6.07) is 0. The van der Waals surface area contributed by atoms with E-state index in [1.807, 2.05) is 17.9 Å². The molecule has 9 nitrogen and oxygen atoms in total. The molecule has 0 N–H and O–H groups in total. The lowest BCUT2D eigenvalue weighted by Crippen LogP contribution is -2.57. The van der Waals surface area contributed by atoms with Crippen molar-refractivity contribution in [2.24, 2.45) is 7.05 Å². The van der Waals surface area contributed by atoms with Crippen molar-refractivity contribution < 1.29 is 0 Å². The lowest BCUT2D eigenvalue weighted by molar-refractivity contribution is 0.0678. The lowest BCUT2D eigenvalue weighted by atomic mass is 9.75. The summed E-state index contributed by atoms with van der Waals surface area (Å²) in [7, 11) is 8.24. The van der Waals surface area contributed by atoms with Gasteiger partial charge in [0.15, 0.2) is 0 Å². The van der Waals surface area contributed by atoms with Crippen molar-refractivity contribution in [3.8, 4) is 0 Å². The number of anilines is 1. The first kappa shape index (κ1) is 16.8. The number of hydrogen-bond donors (Lipinski definition) is 0. The second-order valence-electron chi connectivity index (χ2n) is 6.96. The van der Waals surface area contributed by atoms with Crippen LogP contribution in [-0.4, -0.2) is 73.3 Å². The Morgan fingerprint density at radius 1 is 1.25 bits per heavy atom. The molecule has 24 heavy (non-hydrogen) atoms. The largest absolute Gasteiger partial charge is 0.341 e. The van der Waals surface area contributed by atoms with E-state index in [1.54, 1.807) is 4.80 Å². The predicted octanol–water partition coefficient (Wildman–Crippen LogP) is 0.355. The SMILES string of the molecule is CN(CC1(N(C)C)CCC1)c1nnnn1CCCc1cnn(C)n1. The molecule has 0 atom stereocenters. The zero-order valence-electron chi connectivity index (χ0n) is 15.1. The molecule has 2 aromatic heterocycles. The van der Waals surface area contributed by atoms with Crippen LogP contribution in [0.5, 0.6) is 0 Å². The third kappa shape index (κ3) is 3.40. The molecule has 2 heterocycles. The molecule has 0 spiro atoms. The molecule has 1 saturated carbocycles. The molecule has 1 aliphatic carbocycles. The Balaban J connectivity index is 1.58. The van der Waals surface area contributed by atoms with Crippen LogP contribution in [-0.2, 0) is 20.0 Å². The van der Waals surface area contributed by atoms with Gasteiger partial charge in [-0.25, -0.2) is 4.68 Å². The maximum Gasteiger partial charge on any atom is 0.245 e. The number of hydrogen-bond acceptors (Lipinski definition) is 7. The van der Waals surface area contributed by atoms with E-state index < -0.39 is 0 Å². The van der Waals surface area contributed by atoms with Crippen molar-refractivity contribution in [3.05, 3.63) is 11.9 Å². The van der Waals surface area contributed by atoms with Gasteiger partial charge in [-0.05, 0) is 56.6 Å². The fraction of sp³-hybridized carbons (Fsp3) is 0.800. The lowest BCUT2D eigenvalue weighted by Gasteiger charge is -2.49. The zero-order valence-corrected chi connectivity index (χ0v) is 15.1. The molecule has 0 saturated heterocycles. The minimum atomic E-state index is 0.255. The van der Waals surface area contributed by atoms with Crippen LogP contribution >= 0.6 is 0 Å². The fourth-order valence-corrected chi connectivity index (χ4v) is 3.37. The predicted molar refractivity (Wildman–Crippen MR) is 90.7 cm³/mol. The number of aryl methyl sites for hydroxylation is 3. The van der Waals surface area contributed by atoms with Gasteiger partial charge in [0.1, 0.15) is 0 Å². The highest BCUT2D eigenvalue weighted by molar-refractivity contribution is 5.28. The summed E-state index contributed by atoms with van der Waals surface area (Å²) in [5.41, 5.74) is 1.26. The van der Waals surface area contributed by atoms with Crippen molar-refractivity contribution in [2.45, 2.75) is 44.2 Å². The zero-order chi connectivity index (χ0) is 17.2. The van der Waals surface area contributed by atoms with Crippen molar-refractivity contribution in [1.82, 2.24) is 40.1 Å². The Bertz CT molecular complexity index is 655. The Hall–Kier alpha value is -2.03. The highest BCUT2D eigenvalue weighted by atomic mass is 15.6. The van der Waals surface area contributed by atoms with Crippen LogP contribution in [0.15, 0.2) is 6.20 Å². The topological polar surface area (TPSA) is 80.8 Å². The van der Waals surface area contributed by atoms with Gasteiger partial charge in [-0.3, -0.25) is 0 Å². The first-order valence-electron chi connectivity index (χ1n) is 8.50. The van der Waals surface area contributed by atoms with Gasteiger partial charge in [-0.1, -0.05) is 5.10 Å². The van der Waals surface area contributed by atoms with Crippen LogP contribution in [0.1, 0.15) is 31.4 Å². The maximum atomic E-state index is 4.30. The quantitative estimate of drug-likeness (QED) is 0.690. The highest BCUT2D eigenvalue weighted by Crippen LogP contribution is 2.37. The first-order valence-corrected chi connectivity index (χ1v) is 8.50. The third-order valence-corrected chi connectivity index (χ3v) is 5.07. The van der Waals surface area contributed by atoms with E-state index in [1.165, 1.54) is 19.3 Å². The Morgan fingerprint density at radius 3 is 2.62 bits per heavy atom. The molecule has 0 aliphatic heterocycles. The second kappa shape index (κ2) is 6.84. The molecule has 0 amide bonds. The number of tetrazole rings is 1. The summed E-state index contributed by atoms with van der Waals surface area (Å²) in [6.45, 7) is 1.72. The monoisotopic (exact) mass is 333 g/mol. The number of likely N-dealkylation sites (N-methyl/N-ethyl adjacent to an activating group) is 2. The molecule has 0 bridgehead atoms. The fourth-order valence-electron chi connectivity index (χ4n) is 3.37. The summed E-state index contributed by atoms with van der Waals surface area (Å²) >= 11 is 0. The van der Waals surface area contributed by atoms with Crippen LogP contribution < -0.4 is 4.90 Å². The van der Waals surface area contributed by atoms with E-state index in [9.17, 15) is 0 Å². The number of nitrogens with zero attached hydrogens (tertiary/aromatic N) is 9. The van der Waals surface area contributed by atoms with Crippen LogP contribution in [0.3, 0.4) is 0 Å². The van der Waals surface area contributed by atoms with Gasteiger partial charge in [0.2, 0.25) is 5.95 Å². The molecule has 2 aromatic rings. The van der Waals surface area contributed by atoms with Gasteiger partial charge in [0.05, 0.1) is 11.9 Å². The first-order chi connectivity index (χ1) is 11.5. The van der Waals surface area contributed by atoms with Crippen molar-refractivity contribution in [3.63, 3.8) is 0 Å². The molecule has 0 aromatic carbocycles. The Labute approximate surface area is 142 Å². The molecule has 0 unspecified atom stereocenters. The van der Waals surface area contributed by atoms with Gasteiger partial charge in [-0.15, -0.1) is 0 Å². The Morgan fingerprint density at radius 2 is 2.04 bits per heavy atom. The van der Waals surface area contributed by atoms with Gasteiger partial charge < -0.3 is 9.80 Å². The maximum absolute atomic E-state index is 4.30. The summed E-state index contributed by atoms with van der Waals surface area (Å²) < 4.78 is 1.89. The highest BCUT2D eigenvalue weighted by Gasteiger charge is 2.40. The molecular weight excluding hydrogens is 306 g/mol. The van der Waals surface area contributed by atoms with Crippen molar-refractivity contribution in [1.29, 1.82) is 0 Å². The number of aromatic nitrogens is 7. The van der Waals surface area contributed by atoms with E-state index in [-0.39, 0.29) is 5.54 Å². The average Bonchev–Trinajstić information content (AvgIpc) is 3.11. The van der Waals surface area contributed by atoms with Gasteiger partial charge in [-0.2, -0.15) is 15.0 Å². The third-order valence-electron chi connectivity index (χ3n) is 5.07. The van der Waals surface area contributed by atoms with E-state index in [0.717, 1.165) is 37.6 Å². The molecule has 132 valence electrons.